The highest BCUT2D eigenvalue weighted by Crippen LogP contribution is 2.18. The van der Waals surface area contributed by atoms with Crippen molar-refractivity contribution >= 4 is 0 Å². The minimum atomic E-state index is 0.354. The predicted molar refractivity (Wildman–Crippen MR) is 73.1 cm³/mol. The van der Waals surface area contributed by atoms with Crippen molar-refractivity contribution in [3.63, 3.8) is 0 Å². The van der Waals surface area contributed by atoms with E-state index in [2.05, 4.69) is 11.8 Å². The average Bonchev–Trinajstić information content (AvgIpc) is 2.45. The Labute approximate surface area is 107 Å². The van der Waals surface area contributed by atoms with Crippen molar-refractivity contribution in [2.24, 2.45) is 5.73 Å². The fourth-order valence-electron chi connectivity index (χ4n) is 1.58. The van der Waals surface area contributed by atoms with Crippen LogP contribution in [0.15, 0.2) is 54.6 Å². The minimum Gasteiger partial charge on any atom is -0.488 e. The second-order valence-corrected chi connectivity index (χ2v) is 3.78. The van der Waals surface area contributed by atoms with Gasteiger partial charge in [0.1, 0.15) is 12.4 Å². The minimum absolute atomic E-state index is 0.354. The van der Waals surface area contributed by atoms with Gasteiger partial charge in [-0.15, -0.1) is 0 Å². The zero-order chi connectivity index (χ0) is 12.6. The monoisotopic (exact) mass is 237 g/mol. The molecule has 0 fully saturated rings. The fraction of sp³-hybridized carbons (Fsp3) is 0.125. The first-order valence-corrected chi connectivity index (χ1v) is 5.85. The molecular weight excluding hydrogens is 222 g/mol. The number of hydrogen-bond acceptors (Lipinski definition) is 2. The molecule has 90 valence electrons. The summed E-state index contributed by atoms with van der Waals surface area (Å²) in [7, 11) is 0. The molecule has 2 nitrogen and oxygen atoms in total. The van der Waals surface area contributed by atoms with Crippen LogP contribution < -0.4 is 10.5 Å². The number of ether oxygens (including phenoxy) is 1. The summed E-state index contributed by atoms with van der Waals surface area (Å²) in [4.78, 5) is 0. The molecule has 0 aromatic heterocycles. The summed E-state index contributed by atoms with van der Waals surface area (Å²) in [6.45, 7) is 0.898. The maximum atomic E-state index is 5.78. The summed E-state index contributed by atoms with van der Waals surface area (Å²) in [5.41, 5.74) is 7.39. The van der Waals surface area contributed by atoms with Crippen LogP contribution in [0.25, 0.3) is 0 Å². The lowest BCUT2D eigenvalue weighted by atomic mass is 10.2. The Kier molecular flexibility index (Phi) is 4.40. The molecule has 0 amide bonds. The van der Waals surface area contributed by atoms with E-state index >= 15 is 0 Å². The van der Waals surface area contributed by atoms with E-state index in [4.69, 9.17) is 10.5 Å². The first-order valence-electron chi connectivity index (χ1n) is 5.85. The molecule has 2 rings (SSSR count). The molecule has 0 aliphatic rings. The van der Waals surface area contributed by atoms with E-state index in [1.54, 1.807) is 0 Å². The highest BCUT2D eigenvalue weighted by molar-refractivity contribution is 5.46. The summed E-state index contributed by atoms with van der Waals surface area (Å²) < 4.78 is 5.78. The van der Waals surface area contributed by atoms with Gasteiger partial charge in [-0.1, -0.05) is 54.3 Å². The van der Waals surface area contributed by atoms with Gasteiger partial charge < -0.3 is 10.5 Å². The Hall–Kier alpha value is -2.24. The van der Waals surface area contributed by atoms with Crippen LogP contribution in [0.5, 0.6) is 5.75 Å². The third-order valence-electron chi connectivity index (χ3n) is 2.45. The maximum absolute atomic E-state index is 5.78. The van der Waals surface area contributed by atoms with Crippen molar-refractivity contribution < 1.29 is 4.74 Å². The van der Waals surface area contributed by atoms with Gasteiger partial charge in [0.15, 0.2) is 0 Å². The van der Waals surface area contributed by atoms with Crippen molar-refractivity contribution in [3.8, 4) is 17.6 Å². The van der Waals surface area contributed by atoms with Crippen LogP contribution in [0.1, 0.15) is 11.1 Å². The second-order valence-electron chi connectivity index (χ2n) is 3.78. The number of para-hydroxylation sites is 1. The van der Waals surface area contributed by atoms with Gasteiger partial charge in [0.25, 0.3) is 0 Å². The molecule has 0 saturated carbocycles. The molecule has 2 aromatic rings. The standard InChI is InChI=1S/C16H15NO/c17-12-6-10-15-9-4-5-11-16(15)18-13-14-7-2-1-3-8-14/h1-5,7-9,11H,12-13,17H2. The zero-order valence-corrected chi connectivity index (χ0v) is 10.1. The normalized spacial score (nSPS) is 9.39. The number of hydrogen-bond donors (Lipinski definition) is 1. The Morgan fingerprint density at radius 3 is 2.44 bits per heavy atom. The van der Waals surface area contributed by atoms with Gasteiger partial charge in [-0.05, 0) is 17.7 Å². The van der Waals surface area contributed by atoms with Crippen molar-refractivity contribution in [2.45, 2.75) is 6.61 Å². The lowest BCUT2D eigenvalue weighted by molar-refractivity contribution is 0.305. The first-order chi connectivity index (χ1) is 8.90. The van der Waals surface area contributed by atoms with Crippen LogP contribution in [-0.4, -0.2) is 6.54 Å². The fourth-order valence-corrected chi connectivity index (χ4v) is 1.58. The van der Waals surface area contributed by atoms with Gasteiger partial charge in [-0.2, -0.15) is 0 Å². The van der Waals surface area contributed by atoms with E-state index in [1.807, 2.05) is 54.6 Å². The molecule has 0 aliphatic carbocycles. The van der Waals surface area contributed by atoms with Crippen LogP contribution in [0.3, 0.4) is 0 Å². The topological polar surface area (TPSA) is 35.2 Å². The average molecular weight is 237 g/mol. The van der Waals surface area contributed by atoms with Crippen molar-refractivity contribution in [2.75, 3.05) is 6.54 Å². The molecule has 0 radical (unpaired) electrons. The molecule has 2 aromatic carbocycles. The van der Waals surface area contributed by atoms with Crippen LogP contribution >= 0.6 is 0 Å². The lowest BCUT2D eigenvalue weighted by Crippen LogP contribution is -1.97. The number of nitrogens with two attached hydrogens (primary N) is 1. The Bertz CT molecular complexity index is 552. The van der Waals surface area contributed by atoms with Gasteiger partial charge in [0.05, 0.1) is 12.1 Å². The Morgan fingerprint density at radius 2 is 1.67 bits per heavy atom. The number of rotatable bonds is 3. The smallest absolute Gasteiger partial charge is 0.135 e. The highest BCUT2D eigenvalue weighted by Gasteiger charge is 2.00. The van der Waals surface area contributed by atoms with Crippen LogP contribution in [0.2, 0.25) is 0 Å². The largest absolute Gasteiger partial charge is 0.488 e. The van der Waals surface area contributed by atoms with Crippen molar-refractivity contribution in [1.82, 2.24) is 0 Å². The molecule has 0 spiro atoms. The molecule has 0 bridgehead atoms. The van der Waals surface area contributed by atoms with Crippen molar-refractivity contribution in [1.29, 1.82) is 0 Å². The van der Waals surface area contributed by atoms with E-state index in [1.165, 1.54) is 0 Å². The van der Waals surface area contributed by atoms with E-state index in [9.17, 15) is 0 Å². The summed E-state index contributed by atoms with van der Waals surface area (Å²) in [6.07, 6.45) is 0. The summed E-state index contributed by atoms with van der Waals surface area (Å²) in [6, 6.07) is 17.8. The molecule has 2 heteroatoms. The van der Waals surface area contributed by atoms with Gasteiger partial charge in [-0.25, -0.2) is 0 Å². The molecule has 0 heterocycles. The maximum Gasteiger partial charge on any atom is 0.135 e. The predicted octanol–water partition coefficient (Wildman–Crippen LogP) is 2.58. The molecule has 2 N–H and O–H groups in total. The SMILES string of the molecule is NCC#Cc1ccccc1OCc1ccccc1. The summed E-state index contributed by atoms with van der Waals surface area (Å²) in [5.74, 6) is 6.64. The van der Waals surface area contributed by atoms with Gasteiger partial charge in [0.2, 0.25) is 0 Å². The van der Waals surface area contributed by atoms with E-state index in [0.717, 1.165) is 16.9 Å². The third kappa shape index (κ3) is 3.38. The Balaban J connectivity index is 2.09. The molecule has 0 aliphatic heterocycles. The van der Waals surface area contributed by atoms with Gasteiger partial charge in [-0.3, -0.25) is 0 Å². The number of benzene rings is 2. The lowest BCUT2D eigenvalue weighted by Gasteiger charge is -2.08. The van der Waals surface area contributed by atoms with Gasteiger partial charge in [0, 0.05) is 0 Å². The molecule has 0 atom stereocenters. The van der Waals surface area contributed by atoms with Crippen LogP contribution in [0, 0.1) is 11.8 Å². The van der Waals surface area contributed by atoms with Gasteiger partial charge >= 0.3 is 0 Å². The highest BCUT2D eigenvalue weighted by atomic mass is 16.5. The zero-order valence-electron chi connectivity index (χ0n) is 10.1. The van der Waals surface area contributed by atoms with E-state index < -0.39 is 0 Å². The summed E-state index contributed by atoms with van der Waals surface area (Å²) >= 11 is 0. The van der Waals surface area contributed by atoms with E-state index in [-0.39, 0.29) is 0 Å². The molecular formula is C16H15NO. The molecule has 18 heavy (non-hydrogen) atoms. The second kappa shape index (κ2) is 6.48. The quantitative estimate of drug-likeness (QED) is 0.833. The van der Waals surface area contributed by atoms with Crippen molar-refractivity contribution in [3.05, 3.63) is 65.7 Å². The third-order valence-corrected chi connectivity index (χ3v) is 2.45. The van der Waals surface area contributed by atoms with E-state index in [0.29, 0.717) is 13.2 Å². The Morgan fingerprint density at radius 1 is 0.944 bits per heavy atom. The molecule has 0 saturated heterocycles. The first kappa shape index (κ1) is 12.2. The molecule has 0 unspecified atom stereocenters. The summed E-state index contributed by atoms with van der Waals surface area (Å²) in [5, 5.41) is 0. The van der Waals surface area contributed by atoms with Crippen LogP contribution in [-0.2, 0) is 6.61 Å². The van der Waals surface area contributed by atoms with Crippen LogP contribution in [0.4, 0.5) is 0 Å².